The van der Waals surface area contributed by atoms with Gasteiger partial charge in [0, 0.05) is 23.9 Å². The zero-order valence-corrected chi connectivity index (χ0v) is 15.8. The molecule has 0 radical (unpaired) electrons. The maximum Gasteiger partial charge on any atom is 0.0774 e. The van der Waals surface area contributed by atoms with Crippen LogP contribution in [0.4, 0.5) is 0 Å². The summed E-state index contributed by atoms with van der Waals surface area (Å²) in [5.74, 6) is 0.123. The van der Waals surface area contributed by atoms with Gasteiger partial charge in [-0.25, -0.2) is 0 Å². The molecular weight excluding hydrogens is 328 g/mol. The van der Waals surface area contributed by atoms with Crippen LogP contribution in [0.25, 0.3) is 17.3 Å². The molecule has 0 N–H and O–H groups in total. The van der Waals surface area contributed by atoms with Gasteiger partial charge in [-0.05, 0) is 30.7 Å². The van der Waals surface area contributed by atoms with E-state index >= 15 is 0 Å². The summed E-state index contributed by atoms with van der Waals surface area (Å²) in [7, 11) is 0. The van der Waals surface area contributed by atoms with Crippen LogP contribution in [-0.2, 0) is 0 Å². The van der Waals surface area contributed by atoms with Crippen molar-refractivity contribution in [2.24, 2.45) is 10.9 Å². The molecule has 2 heteroatoms. The van der Waals surface area contributed by atoms with Crippen molar-refractivity contribution < 1.29 is 0 Å². The van der Waals surface area contributed by atoms with Gasteiger partial charge in [0.05, 0.1) is 11.7 Å². The quantitative estimate of drug-likeness (QED) is 0.294. The second-order valence-corrected chi connectivity index (χ2v) is 5.91. The summed E-state index contributed by atoms with van der Waals surface area (Å²) in [4.78, 5) is 9.08. The van der Waals surface area contributed by atoms with E-state index in [9.17, 15) is 0 Å². The third-order valence-electron chi connectivity index (χ3n) is 4.04. The first-order chi connectivity index (χ1) is 13.3. The molecule has 1 aromatic heterocycles. The maximum atomic E-state index is 4.60. The summed E-state index contributed by atoms with van der Waals surface area (Å²) >= 11 is 0. The topological polar surface area (TPSA) is 25.2 Å². The first-order valence-electron chi connectivity index (χ1n) is 9.05. The molecule has 2 nitrogen and oxygen atoms in total. The standard InChI is InChI=1S/C25H26N2/c1-4-7-11-19-26-24(6-3)22(13-5-2)18-17-21-14-8-9-15-23(21)25-16-10-12-20-27-25/h4-20,22,24H,1,3H2,2H3/b11-7-,13-5-,18-17-,26-19-. The number of aromatic nitrogens is 1. The summed E-state index contributed by atoms with van der Waals surface area (Å²) in [5.41, 5.74) is 3.21. The van der Waals surface area contributed by atoms with Gasteiger partial charge in [-0.3, -0.25) is 9.98 Å². The molecule has 2 aromatic rings. The Morgan fingerprint density at radius 1 is 1.00 bits per heavy atom. The lowest BCUT2D eigenvalue weighted by Gasteiger charge is -2.14. The largest absolute Gasteiger partial charge is 0.285 e. The van der Waals surface area contributed by atoms with E-state index < -0.39 is 0 Å². The van der Waals surface area contributed by atoms with Gasteiger partial charge in [0.1, 0.15) is 0 Å². The van der Waals surface area contributed by atoms with E-state index in [1.807, 2.05) is 67.8 Å². The smallest absolute Gasteiger partial charge is 0.0774 e. The van der Waals surface area contributed by atoms with E-state index in [2.05, 4.69) is 53.5 Å². The van der Waals surface area contributed by atoms with E-state index in [1.54, 1.807) is 12.3 Å². The van der Waals surface area contributed by atoms with Gasteiger partial charge in [-0.1, -0.05) is 79.4 Å². The molecule has 136 valence electrons. The highest BCUT2D eigenvalue weighted by molar-refractivity contribution is 5.73. The molecule has 0 spiro atoms. The minimum atomic E-state index is -0.0334. The van der Waals surface area contributed by atoms with Crippen molar-refractivity contribution in [3.63, 3.8) is 0 Å². The molecule has 0 fully saturated rings. The number of nitrogens with zero attached hydrogens (tertiary/aromatic N) is 2. The van der Waals surface area contributed by atoms with Gasteiger partial charge in [0.25, 0.3) is 0 Å². The van der Waals surface area contributed by atoms with Crippen molar-refractivity contribution in [1.29, 1.82) is 0 Å². The fourth-order valence-electron chi connectivity index (χ4n) is 2.72. The number of aliphatic imine (C=N–C) groups is 1. The SMILES string of the molecule is C=C/C=C\C=N/C(C=C)C(/C=C\C)/C=C\c1ccccc1-c1ccccn1. The van der Waals surface area contributed by atoms with Crippen LogP contribution >= 0.6 is 0 Å². The average molecular weight is 354 g/mol. The predicted molar refractivity (Wildman–Crippen MR) is 119 cm³/mol. The third-order valence-corrected chi connectivity index (χ3v) is 4.04. The molecule has 0 amide bonds. The summed E-state index contributed by atoms with van der Waals surface area (Å²) < 4.78 is 0. The minimum Gasteiger partial charge on any atom is -0.285 e. The third kappa shape index (κ3) is 6.19. The molecule has 0 aliphatic carbocycles. The highest BCUT2D eigenvalue weighted by Gasteiger charge is 2.11. The van der Waals surface area contributed by atoms with Gasteiger partial charge in [0.2, 0.25) is 0 Å². The fourth-order valence-corrected chi connectivity index (χ4v) is 2.72. The normalized spacial score (nSPS) is 14.3. The van der Waals surface area contributed by atoms with E-state index in [4.69, 9.17) is 0 Å². The predicted octanol–water partition coefficient (Wildman–Crippen LogP) is 6.32. The summed E-state index contributed by atoms with van der Waals surface area (Å²) in [5, 5.41) is 0. The van der Waals surface area contributed by atoms with E-state index in [0.29, 0.717) is 0 Å². The van der Waals surface area contributed by atoms with Crippen LogP contribution in [0.15, 0.2) is 109 Å². The average Bonchev–Trinajstić information content (AvgIpc) is 2.72. The van der Waals surface area contributed by atoms with E-state index in [1.165, 1.54) is 0 Å². The number of hydrogen-bond acceptors (Lipinski definition) is 2. The molecule has 0 saturated carbocycles. The van der Waals surface area contributed by atoms with Crippen LogP contribution < -0.4 is 0 Å². The molecule has 27 heavy (non-hydrogen) atoms. The van der Waals surface area contributed by atoms with Crippen LogP contribution in [0.1, 0.15) is 12.5 Å². The summed E-state index contributed by atoms with van der Waals surface area (Å²) in [6, 6.07) is 14.2. The lowest BCUT2D eigenvalue weighted by molar-refractivity contribution is 0.700. The first-order valence-corrected chi connectivity index (χ1v) is 9.05. The second-order valence-electron chi connectivity index (χ2n) is 5.91. The zero-order chi connectivity index (χ0) is 19.3. The molecule has 0 aliphatic rings. The monoisotopic (exact) mass is 354 g/mol. The zero-order valence-electron chi connectivity index (χ0n) is 15.8. The molecule has 0 bridgehead atoms. The Morgan fingerprint density at radius 2 is 1.81 bits per heavy atom. The Bertz CT molecular complexity index is 842. The summed E-state index contributed by atoms with van der Waals surface area (Å²) in [6.45, 7) is 9.63. The minimum absolute atomic E-state index is 0.0334. The molecule has 2 rings (SSSR count). The number of benzene rings is 1. The molecule has 1 aromatic carbocycles. The Balaban J connectivity index is 2.30. The number of hydrogen-bond donors (Lipinski definition) is 0. The van der Waals surface area contributed by atoms with E-state index in [0.717, 1.165) is 16.8 Å². The van der Waals surface area contributed by atoms with Crippen LogP contribution in [-0.4, -0.2) is 17.2 Å². The van der Waals surface area contributed by atoms with Gasteiger partial charge >= 0.3 is 0 Å². The molecule has 1 heterocycles. The Hall–Kier alpha value is -3.26. The van der Waals surface area contributed by atoms with Crippen LogP contribution in [0.3, 0.4) is 0 Å². The van der Waals surface area contributed by atoms with Crippen LogP contribution in [0.5, 0.6) is 0 Å². The van der Waals surface area contributed by atoms with Crippen molar-refractivity contribution in [3.8, 4) is 11.3 Å². The highest BCUT2D eigenvalue weighted by atomic mass is 14.8. The molecule has 2 unspecified atom stereocenters. The van der Waals surface area contributed by atoms with Crippen molar-refractivity contribution in [1.82, 2.24) is 4.98 Å². The number of pyridine rings is 1. The van der Waals surface area contributed by atoms with Gasteiger partial charge in [0.15, 0.2) is 0 Å². The first kappa shape index (κ1) is 20.1. The van der Waals surface area contributed by atoms with Gasteiger partial charge in [-0.15, -0.1) is 6.58 Å². The number of rotatable bonds is 9. The summed E-state index contributed by atoms with van der Waals surface area (Å²) in [6.07, 6.45) is 19.4. The lowest BCUT2D eigenvalue weighted by Crippen LogP contribution is -2.11. The molecule has 0 saturated heterocycles. The molecular formula is C25H26N2. The molecule has 2 atom stereocenters. The van der Waals surface area contributed by atoms with Crippen molar-refractivity contribution in [2.75, 3.05) is 0 Å². The lowest BCUT2D eigenvalue weighted by atomic mass is 9.96. The molecule has 0 aliphatic heterocycles. The maximum absolute atomic E-state index is 4.60. The second kappa shape index (κ2) is 11.4. The van der Waals surface area contributed by atoms with Crippen molar-refractivity contribution in [2.45, 2.75) is 13.0 Å². The Morgan fingerprint density at radius 3 is 2.52 bits per heavy atom. The number of allylic oxidation sites excluding steroid dienone is 4. The Labute approximate surface area is 162 Å². The van der Waals surface area contributed by atoms with Crippen molar-refractivity contribution >= 4 is 12.3 Å². The van der Waals surface area contributed by atoms with E-state index in [-0.39, 0.29) is 12.0 Å². The highest BCUT2D eigenvalue weighted by Crippen LogP contribution is 2.24. The van der Waals surface area contributed by atoms with Crippen LogP contribution in [0, 0.1) is 5.92 Å². The van der Waals surface area contributed by atoms with Gasteiger partial charge in [-0.2, -0.15) is 0 Å². The van der Waals surface area contributed by atoms with Gasteiger partial charge < -0.3 is 0 Å². The van der Waals surface area contributed by atoms with Crippen molar-refractivity contribution in [3.05, 3.63) is 110 Å². The fraction of sp³-hybridized carbons (Fsp3) is 0.120. The van der Waals surface area contributed by atoms with Crippen LogP contribution in [0.2, 0.25) is 0 Å². The Kier molecular flexibility index (Phi) is 8.45.